The van der Waals surface area contributed by atoms with Gasteiger partial charge in [-0.2, -0.15) is 0 Å². The maximum absolute atomic E-state index is 13.0. The van der Waals surface area contributed by atoms with Crippen molar-refractivity contribution in [3.63, 3.8) is 0 Å². The quantitative estimate of drug-likeness (QED) is 0.671. The molecule has 1 aliphatic heterocycles. The topological polar surface area (TPSA) is 91.6 Å². The molecule has 0 bridgehead atoms. The van der Waals surface area contributed by atoms with Crippen LogP contribution < -0.4 is 5.32 Å². The van der Waals surface area contributed by atoms with E-state index in [1.165, 1.54) is 35.6 Å². The summed E-state index contributed by atoms with van der Waals surface area (Å²) in [6, 6.07) is 9.00. The number of halogens is 1. The number of nitrogens with one attached hydrogen (secondary N) is 1. The van der Waals surface area contributed by atoms with Crippen LogP contribution in [0.2, 0.25) is 0 Å². The number of nitrogens with zero attached hydrogens (tertiary/aromatic N) is 4. The lowest BCUT2D eigenvalue weighted by molar-refractivity contribution is 0.0596. The Balaban J connectivity index is 1.28. The summed E-state index contributed by atoms with van der Waals surface area (Å²) in [7, 11) is 0. The SMILES string of the molecule is Cc1ccc(C(=O)N2CCN(Cc3nnc(C(=O)Nc4ccc(F)cc4)s3)CC2)o1. The fourth-order valence-electron chi connectivity index (χ4n) is 3.13. The smallest absolute Gasteiger partial charge is 0.289 e. The summed E-state index contributed by atoms with van der Waals surface area (Å²) in [5.41, 5.74) is 0.491. The minimum Gasteiger partial charge on any atom is -0.456 e. The Bertz CT molecular complexity index is 1040. The van der Waals surface area contributed by atoms with Crippen LogP contribution in [0.5, 0.6) is 0 Å². The highest BCUT2D eigenvalue weighted by atomic mass is 32.1. The molecule has 156 valence electrons. The Hall–Kier alpha value is -3.11. The van der Waals surface area contributed by atoms with Crippen molar-refractivity contribution in [1.82, 2.24) is 20.0 Å². The summed E-state index contributed by atoms with van der Waals surface area (Å²) in [6.07, 6.45) is 0. The van der Waals surface area contributed by atoms with E-state index in [1.54, 1.807) is 17.0 Å². The van der Waals surface area contributed by atoms with Gasteiger partial charge in [0.15, 0.2) is 5.76 Å². The highest BCUT2D eigenvalue weighted by Gasteiger charge is 2.25. The first-order valence-electron chi connectivity index (χ1n) is 9.45. The Morgan fingerprint density at radius 1 is 1.10 bits per heavy atom. The molecule has 2 aromatic heterocycles. The highest BCUT2D eigenvalue weighted by molar-refractivity contribution is 7.13. The zero-order valence-corrected chi connectivity index (χ0v) is 17.1. The summed E-state index contributed by atoms with van der Waals surface area (Å²) >= 11 is 1.22. The number of amides is 2. The van der Waals surface area contributed by atoms with Gasteiger partial charge in [0, 0.05) is 31.9 Å². The number of benzene rings is 1. The number of piperazine rings is 1. The lowest BCUT2D eigenvalue weighted by Crippen LogP contribution is -2.48. The molecule has 1 aromatic carbocycles. The van der Waals surface area contributed by atoms with E-state index in [0.29, 0.717) is 49.9 Å². The van der Waals surface area contributed by atoms with E-state index in [-0.39, 0.29) is 22.6 Å². The van der Waals surface area contributed by atoms with E-state index >= 15 is 0 Å². The van der Waals surface area contributed by atoms with Crippen molar-refractivity contribution in [3.8, 4) is 0 Å². The van der Waals surface area contributed by atoms with Gasteiger partial charge in [0.25, 0.3) is 11.8 Å². The molecule has 3 heterocycles. The van der Waals surface area contributed by atoms with Gasteiger partial charge in [0.2, 0.25) is 5.01 Å². The lowest BCUT2D eigenvalue weighted by Gasteiger charge is -2.33. The monoisotopic (exact) mass is 429 g/mol. The van der Waals surface area contributed by atoms with E-state index < -0.39 is 0 Å². The maximum atomic E-state index is 13.0. The van der Waals surface area contributed by atoms with Crippen molar-refractivity contribution in [2.24, 2.45) is 0 Å². The Kier molecular flexibility index (Phi) is 5.86. The molecule has 30 heavy (non-hydrogen) atoms. The number of hydrogen-bond donors (Lipinski definition) is 1. The highest BCUT2D eigenvalue weighted by Crippen LogP contribution is 2.17. The third-order valence-electron chi connectivity index (χ3n) is 4.73. The first-order valence-corrected chi connectivity index (χ1v) is 10.3. The normalized spacial score (nSPS) is 14.7. The molecular weight excluding hydrogens is 409 g/mol. The van der Waals surface area contributed by atoms with Crippen LogP contribution in [-0.2, 0) is 6.54 Å². The molecule has 1 N–H and O–H groups in total. The van der Waals surface area contributed by atoms with Gasteiger partial charge in [0.1, 0.15) is 16.6 Å². The zero-order chi connectivity index (χ0) is 21.1. The van der Waals surface area contributed by atoms with Gasteiger partial charge in [-0.1, -0.05) is 11.3 Å². The predicted molar refractivity (Wildman–Crippen MR) is 109 cm³/mol. The molecule has 1 aliphatic rings. The molecule has 2 amide bonds. The largest absolute Gasteiger partial charge is 0.456 e. The third kappa shape index (κ3) is 4.71. The maximum Gasteiger partial charge on any atom is 0.289 e. The molecule has 0 unspecified atom stereocenters. The number of aromatic nitrogens is 2. The first kappa shape index (κ1) is 20.2. The van der Waals surface area contributed by atoms with E-state index in [0.717, 1.165) is 5.01 Å². The van der Waals surface area contributed by atoms with Crippen molar-refractivity contribution in [2.45, 2.75) is 13.5 Å². The second-order valence-electron chi connectivity index (χ2n) is 6.94. The van der Waals surface area contributed by atoms with Crippen LogP contribution in [0, 0.1) is 12.7 Å². The first-order chi connectivity index (χ1) is 14.5. The molecule has 0 atom stereocenters. The van der Waals surface area contributed by atoms with Gasteiger partial charge < -0.3 is 14.6 Å². The zero-order valence-electron chi connectivity index (χ0n) is 16.3. The van der Waals surface area contributed by atoms with Crippen molar-refractivity contribution in [3.05, 3.63) is 63.8 Å². The summed E-state index contributed by atoms with van der Waals surface area (Å²) in [4.78, 5) is 28.7. The molecule has 10 heteroatoms. The van der Waals surface area contributed by atoms with Gasteiger partial charge in [-0.3, -0.25) is 14.5 Å². The van der Waals surface area contributed by atoms with Crippen LogP contribution in [0.1, 0.15) is 31.1 Å². The number of hydrogen-bond acceptors (Lipinski definition) is 7. The molecule has 1 fully saturated rings. The molecule has 0 aliphatic carbocycles. The third-order valence-corrected chi connectivity index (χ3v) is 5.64. The average Bonchev–Trinajstić information content (AvgIpc) is 3.39. The average molecular weight is 429 g/mol. The minimum absolute atomic E-state index is 0.0987. The van der Waals surface area contributed by atoms with Crippen LogP contribution >= 0.6 is 11.3 Å². The fourth-order valence-corrected chi connectivity index (χ4v) is 3.91. The molecule has 4 rings (SSSR count). The number of carbonyl (C=O) groups excluding carboxylic acids is 2. The van der Waals surface area contributed by atoms with E-state index in [2.05, 4.69) is 20.4 Å². The van der Waals surface area contributed by atoms with Gasteiger partial charge in [-0.25, -0.2) is 4.39 Å². The summed E-state index contributed by atoms with van der Waals surface area (Å²) in [5.74, 6) is 0.231. The second-order valence-corrected chi connectivity index (χ2v) is 8.00. The Morgan fingerprint density at radius 3 is 2.50 bits per heavy atom. The minimum atomic E-state index is -0.380. The van der Waals surface area contributed by atoms with Crippen LogP contribution in [0.3, 0.4) is 0 Å². The van der Waals surface area contributed by atoms with Gasteiger partial charge in [0.05, 0.1) is 6.54 Å². The Morgan fingerprint density at radius 2 is 1.83 bits per heavy atom. The number of aryl methyl sites for hydroxylation is 1. The standard InChI is InChI=1S/C20H20FN5O3S/c1-13-2-7-16(29-13)20(28)26-10-8-25(9-11-26)12-17-23-24-19(30-17)18(27)22-15-5-3-14(21)4-6-15/h2-7H,8-12H2,1H3,(H,22,27). The number of anilines is 1. The number of furan rings is 1. The number of rotatable bonds is 5. The molecule has 1 saturated heterocycles. The Labute approximate surface area is 176 Å². The van der Waals surface area contributed by atoms with Gasteiger partial charge >= 0.3 is 0 Å². The number of carbonyl (C=O) groups is 2. The molecule has 3 aromatic rings. The molecule has 0 spiro atoms. The summed E-state index contributed by atoms with van der Waals surface area (Å²) in [6.45, 7) is 4.95. The van der Waals surface area contributed by atoms with Crippen molar-refractivity contribution >= 4 is 28.8 Å². The van der Waals surface area contributed by atoms with E-state index in [1.807, 2.05) is 6.92 Å². The summed E-state index contributed by atoms with van der Waals surface area (Å²) < 4.78 is 18.4. The van der Waals surface area contributed by atoms with Crippen molar-refractivity contribution < 1.29 is 18.4 Å². The molecular formula is C20H20FN5O3S. The van der Waals surface area contributed by atoms with Gasteiger partial charge in [-0.15, -0.1) is 10.2 Å². The van der Waals surface area contributed by atoms with E-state index in [9.17, 15) is 14.0 Å². The van der Waals surface area contributed by atoms with E-state index in [4.69, 9.17) is 4.42 Å². The van der Waals surface area contributed by atoms with Crippen molar-refractivity contribution in [2.75, 3.05) is 31.5 Å². The molecule has 8 nitrogen and oxygen atoms in total. The fraction of sp³-hybridized carbons (Fsp3) is 0.300. The predicted octanol–water partition coefficient (Wildman–Crippen LogP) is 2.79. The van der Waals surface area contributed by atoms with Gasteiger partial charge in [-0.05, 0) is 43.3 Å². The summed E-state index contributed by atoms with van der Waals surface area (Å²) in [5, 5.41) is 11.7. The van der Waals surface area contributed by atoms with Crippen LogP contribution in [0.25, 0.3) is 0 Å². The van der Waals surface area contributed by atoms with Crippen molar-refractivity contribution in [1.29, 1.82) is 0 Å². The van der Waals surface area contributed by atoms with Crippen LogP contribution in [0.4, 0.5) is 10.1 Å². The molecule has 0 saturated carbocycles. The van der Waals surface area contributed by atoms with Crippen LogP contribution in [0.15, 0.2) is 40.8 Å². The van der Waals surface area contributed by atoms with Crippen LogP contribution in [-0.4, -0.2) is 58.0 Å². The molecule has 0 radical (unpaired) electrons. The second kappa shape index (κ2) is 8.72. The lowest BCUT2D eigenvalue weighted by atomic mass is 10.3.